The van der Waals surface area contributed by atoms with Crippen molar-refractivity contribution in [2.24, 2.45) is 0 Å². The van der Waals surface area contributed by atoms with Crippen LogP contribution in [-0.4, -0.2) is 75.2 Å². The third-order valence-electron chi connectivity index (χ3n) is 5.04. The Morgan fingerprint density at radius 1 is 1.09 bits per heavy atom. The Bertz CT molecular complexity index is 1120. The van der Waals surface area contributed by atoms with Crippen LogP contribution in [0.5, 0.6) is 5.75 Å². The molecular formula is C20H19ClFN7O3. The number of ether oxygens (including phenoxy) is 1. The minimum absolute atomic E-state index is 0.259. The van der Waals surface area contributed by atoms with E-state index in [-0.39, 0.29) is 17.8 Å². The number of anilines is 1. The summed E-state index contributed by atoms with van der Waals surface area (Å²) < 4.78 is 19.8. The Balaban J connectivity index is 1.42. The van der Waals surface area contributed by atoms with Crippen LogP contribution in [-0.2, 0) is 0 Å². The van der Waals surface area contributed by atoms with E-state index >= 15 is 0 Å². The topological polar surface area (TPSA) is 105 Å². The number of carbonyl (C=O) groups excluding carboxylic acids is 2. The van der Waals surface area contributed by atoms with Gasteiger partial charge in [-0.15, -0.1) is 5.10 Å². The monoisotopic (exact) mass is 459 g/mol. The second-order valence-electron chi connectivity index (χ2n) is 6.97. The summed E-state index contributed by atoms with van der Waals surface area (Å²) in [5.74, 6) is -0.302. The molecule has 1 fully saturated rings. The van der Waals surface area contributed by atoms with Gasteiger partial charge in [0, 0.05) is 37.9 Å². The summed E-state index contributed by atoms with van der Waals surface area (Å²) in [6.07, 6.45) is 1.39. The smallest absolute Gasteiger partial charge is 0.321 e. The molecule has 166 valence electrons. The van der Waals surface area contributed by atoms with Crippen LogP contribution in [0, 0.1) is 5.82 Å². The van der Waals surface area contributed by atoms with Crippen molar-refractivity contribution in [2.45, 2.75) is 0 Å². The van der Waals surface area contributed by atoms with Crippen LogP contribution in [0.4, 0.5) is 14.9 Å². The molecule has 1 aliphatic rings. The van der Waals surface area contributed by atoms with Gasteiger partial charge in [-0.3, -0.25) is 4.79 Å². The van der Waals surface area contributed by atoms with Gasteiger partial charge >= 0.3 is 6.03 Å². The first kappa shape index (κ1) is 21.5. The van der Waals surface area contributed by atoms with Crippen molar-refractivity contribution < 1.29 is 18.7 Å². The number of methoxy groups -OCH3 is 1. The van der Waals surface area contributed by atoms with Crippen molar-refractivity contribution in [3.63, 3.8) is 0 Å². The molecule has 0 unspecified atom stereocenters. The molecule has 0 aliphatic carbocycles. The lowest BCUT2D eigenvalue weighted by atomic mass is 10.1. The van der Waals surface area contributed by atoms with Crippen molar-refractivity contribution in [1.82, 2.24) is 30.0 Å². The molecule has 1 aromatic heterocycles. The molecule has 4 rings (SSSR count). The fourth-order valence-corrected chi connectivity index (χ4v) is 3.59. The maximum absolute atomic E-state index is 13.1. The van der Waals surface area contributed by atoms with E-state index in [9.17, 15) is 14.0 Å². The van der Waals surface area contributed by atoms with E-state index in [4.69, 9.17) is 16.3 Å². The predicted molar refractivity (Wildman–Crippen MR) is 114 cm³/mol. The minimum atomic E-state index is -0.378. The molecule has 0 saturated carbocycles. The molecule has 0 radical (unpaired) electrons. The Labute approximate surface area is 187 Å². The van der Waals surface area contributed by atoms with Crippen molar-refractivity contribution in [3.05, 3.63) is 59.1 Å². The number of hydrogen-bond donors (Lipinski definition) is 1. The zero-order valence-electron chi connectivity index (χ0n) is 17.0. The van der Waals surface area contributed by atoms with Crippen LogP contribution in [0.3, 0.4) is 0 Å². The van der Waals surface area contributed by atoms with E-state index in [0.717, 1.165) is 0 Å². The number of piperazine rings is 1. The van der Waals surface area contributed by atoms with Crippen molar-refractivity contribution >= 4 is 29.2 Å². The highest BCUT2D eigenvalue weighted by atomic mass is 35.5. The summed E-state index contributed by atoms with van der Waals surface area (Å²) in [6.45, 7) is 1.37. The number of hydrogen-bond acceptors (Lipinski definition) is 6. The fourth-order valence-electron chi connectivity index (χ4n) is 3.34. The van der Waals surface area contributed by atoms with Gasteiger partial charge in [0.25, 0.3) is 5.91 Å². The lowest BCUT2D eigenvalue weighted by Crippen LogP contribution is -2.51. The minimum Gasteiger partial charge on any atom is -0.496 e. The van der Waals surface area contributed by atoms with E-state index in [1.807, 2.05) is 0 Å². The SMILES string of the molecule is COc1cc(-n2cnnn2)c(Cl)cc1C(=O)N1CCN(C(=O)Nc2ccc(F)cc2)CC1. The Hall–Kier alpha value is -3.73. The van der Waals surface area contributed by atoms with Gasteiger partial charge in [-0.25, -0.2) is 9.18 Å². The van der Waals surface area contributed by atoms with Crippen LogP contribution in [0.15, 0.2) is 42.7 Å². The van der Waals surface area contributed by atoms with Gasteiger partial charge in [-0.2, -0.15) is 4.68 Å². The molecule has 0 bridgehead atoms. The van der Waals surface area contributed by atoms with E-state index < -0.39 is 0 Å². The molecule has 32 heavy (non-hydrogen) atoms. The van der Waals surface area contributed by atoms with Crippen LogP contribution in [0.1, 0.15) is 10.4 Å². The molecule has 1 N–H and O–H groups in total. The zero-order chi connectivity index (χ0) is 22.7. The highest BCUT2D eigenvalue weighted by Crippen LogP contribution is 2.30. The quantitative estimate of drug-likeness (QED) is 0.642. The van der Waals surface area contributed by atoms with Crippen LogP contribution >= 0.6 is 11.6 Å². The maximum Gasteiger partial charge on any atom is 0.321 e. The average molecular weight is 460 g/mol. The fraction of sp³-hybridized carbons (Fsp3) is 0.250. The van der Waals surface area contributed by atoms with Crippen molar-refractivity contribution in [2.75, 3.05) is 38.6 Å². The molecule has 10 nitrogen and oxygen atoms in total. The number of carbonyl (C=O) groups is 2. The van der Waals surface area contributed by atoms with E-state index in [1.54, 1.807) is 15.9 Å². The average Bonchev–Trinajstić information content (AvgIpc) is 3.34. The van der Waals surface area contributed by atoms with Gasteiger partial charge in [0.2, 0.25) is 0 Å². The van der Waals surface area contributed by atoms with Crippen LogP contribution in [0.25, 0.3) is 5.69 Å². The summed E-state index contributed by atoms with van der Waals surface area (Å²) in [5, 5.41) is 14.0. The third kappa shape index (κ3) is 4.47. The highest BCUT2D eigenvalue weighted by molar-refractivity contribution is 6.33. The van der Waals surface area contributed by atoms with Crippen molar-refractivity contribution in [1.29, 1.82) is 0 Å². The second-order valence-corrected chi connectivity index (χ2v) is 7.38. The largest absolute Gasteiger partial charge is 0.496 e. The summed E-state index contributed by atoms with van der Waals surface area (Å²) >= 11 is 6.36. The number of benzene rings is 2. The van der Waals surface area contributed by atoms with Gasteiger partial charge in [0.1, 0.15) is 17.9 Å². The maximum atomic E-state index is 13.1. The molecule has 12 heteroatoms. The summed E-state index contributed by atoms with van der Waals surface area (Å²) in [6, 6.07) is 8.33. The molecule has 0 spiro atoms. The molecule has 3 aromatic rings. The van der Waals surface area contributed by atoms with E-state index in [2.05, 4.69) is 20.8 Å². The zero-order valence-corrected chi connectivity index (χ0v) is 17.8. The normalized spacial score (nSPS) is 13.7. The molecular weight excluding hydrogens is 441 g/mol. The second kappa shape index (κ2) is 9.18. The molecule has 0 atom stereocenters. The predicted octanol–water partition coefficient (Wildman–Crippen LogP) is 2.45. The van der Waals surface area contributed by atoms with Crippen LogP contribution < -0.4 is 10.1 Å². The summed E-state index contributed by atoms with van der Waals surface area (Å²) in [4.78, 5) is 28.8. The first-order chi connectivity index (χ1) is 15.5. The number of aromatic nitrogens is 4. The summed E-state index contributed by atoms with van der Waals surface area (Å²) in [7, 11) is 1.46. The summed E-state index contributed by atoms with van der Waals surface area (Å²) in [5.41, 5.74) is 1.28. The lowest BCUT2D eigenvalue weighted by Gasteiger charge is -2.35. The number of amides is 3. The van der Waals surface area contributed by atoms with Gasteiger partial charge in [0.15, 0.2) is 0 Å². The third-order valence-corrected chi connectivity index (χ3v) is 5.35. The van der Waals surface area contributed by atoms with Gasteiger partial charge in [-0.1, -0.05) is 11.6 Å². The standard InChI is InChI=1S/C20H19ClFN7O3/c1-32-18-11-17(29-12-23-25-26-29)16(21)10-15(18)19(30)27-6-8-28(9-7-27)20(31)24-14-4-2-13(22)3-5-14/h2-5,10-12H,6-9H2,1H3,(H,24,31). The Morgan fingerprint density at radius 2 is 1.78 bits per heavy atom. The van der Waals surface area contributed by atoms with Gasteiger partial charge in [0.05, 0.1) is 23.4 Å². The Morgan fingerprint density at radius 3 is 2.41 bits per heavy atom. The number of nitrogens with one attached hydrogen (secondary N) is 1. The number of rotatable bonds is 4. The first-order valence-corrected chi connectivity index (χ1v) is 10.1. The molecule has 2 heterocycles. The van der Waals surface area contributed by atoms with Gasteiger partial charge in [-0.05, 0) is 40.8 Å². The van der Waals surface area contributed by atoms with Crippen molar-refractivity contribution in [3.8, 4) is 11.4 Å². The number of urea groups is 1. The Kier molecular flexibility index (Phi) is 6.17. The molecule has 3 amide bonds. The first-order valence-electron chi connectivity index (χ1n) is 9.68. The van der Waals surface area contributed by atoms with Gasteiger partial charge < -0.3 is 19.9 Å². The van der Waals surface area contributed by atoms with Crippen LogP contribution in [0.2, 0.25) is 5.02 Å². The van der Waals surface area contributed by atoms with E-state index in [0.29, 0.717) is 53.9 Å². The molecule has 1 aliphatic heterocycles. The lowest BCUT2D eigenvalue weighted by molar-refractivity contribution is 0.0668. The molecule has 1 saturated heterocycles. The highest BCUT2D eigenvalue weighted by Gasteiger charge is 2.27. The molecule has 2 aromatic carbocycles. The number of nitrogens with zero attached hydrogens (tertiary/aromatic N) is 6. The number of tetrazole rings is 1. The van der Waals surface area contributed by atoms with E-state index in [1.165, 1.54) is 48.5 Å². The number of halogens is 2.